The van der Waals surface area contributed by atoms with Gasteiger partial charge in [0, 0.05) is 21.5 Å². The molecular weight excluding hydrogens is 406 g/mol. The molecule has 0 saturated heterocycles. The zero-order chi connectivity index (χ0) is 18.0. The number of benzene rings is 1. The van der Waals surface area contributed by atoms with Gasteiger partial charge in [-0.15, -0.1) is 11.3 Å². The second-order valence-electron chi connectivity index (χ2n) is 5.43. The number of amides is 2. The number of nitriles is 1. The van der Waals surface area contributed by atoms with Crippen LogP contribution in [0.4, 0.5) is 9.80 Å². The first-order chi connectivity index (χ1) is 12.0. The summed E-state index contributed by atoms with van der Waals surface area (Å²) < 4.78 is 5.56. The summed E-state index contributed by atoms with van der Waals surface area (Å²) in [5.74, 6) is -0.277. The van der Waals surface area contributed by atoms with Gasteiger partial charge in [-0.3, -0.25) is 4.79 Å². The maximum absolute atomic E-state index is 12.4. The number of thiophene rings is 1. The molecule has 0 fully saturated rings. The van der Waals surface area contributed by atoms with Crippen molar-refractivity contribution in [2.24, 2.45) is 0 Å². The van der Waals surface area contributed by atoms with Crippen molar-refractivity contribution in [3.8, 4) is 6.07 Å². The number of carbonyl (C=O) groups is 2. The molecule has 0 saturated carbocycles. The fourth-order valence-electron chi connectivity index (χ4n) is 2.70. The van der Waals surface area contributed by atoms with Crippen molar-refractivity contribution in [3.63, 3.8) is 0 Å². The largest absolute Gasteiger partial charge is 0.453 e. The van der Waals surface area contributed by atoms with Crippen molar-refractivity contribution >= 4 is 44.3 Å². The van der Waals surface area contributed by atoms with Gasteiger partial charge in [0.05, 0.1) is 19.2 Å². The summed E-state index contributed by atoms with van der Waals surface area (Å²) in [4.78, 5) is 26.6. The van der Waals surface area contributed by atoms with Crippen molar-refractivity contribution in [1.29, 1.82) is 5.26 Å². The van der Waals surface area contributed by atoms with Crippen molar-refractivity contribution < 1.29 is 14.3 Å². The Bertz CT molecular complexity index is 888. The summed E-state index contributed by atoms with van der Waals surface area (Å²) >= 11 is 4.67. The number of carbonyl (C=O) groups excluding carboxylic acids is 2. The number of halogens is 1. The molecule has 3 rings (SSSR count). The van der Waals surface area contributed by atoms with E-state index < -0.39 is 6.09 Å². The van der Waals surface area contributed by atoms with E-state index in [0.29, 0.717) is 35.6 Å². The van der Waals surface area contributed by atoms with E-state index >= 15 is 0 Å². The second-order valence-corrected chi connectivity index (χ2v) is 7.45. The zero-order valence-corrected chi connectivity index (χ0v) is 15.7. The number of nitrogens with one attached hydrogen (secondary N) is 1. The average Bonchev–Trinajstić information content (AvgIpc) is 2.96. The molecule has 1 aromatic heterocycles. The van der Waals surface area contributed by atoms with E-state index in [1.165, 1.54) is 18.4 Å². The van der Waals surface area contributed by atoms with Gasteiger partial charge in [-0.25, -0.2) is 4.79 Å². The van der Waals surface area contributed by atoms with E-state index in [-0.39, 0.29) is 5.91 Å². The maximum atomic E-state index is 12.4. The van der Waals surface area contributed by atoms with Crippen LogP contribution in [-0.2, 0) is 17.7 Å². The first-order valence-corrected chi connectivity index (χ1v) is 9.09. The Hall–Kier alpha value is -2.37. The van der Waals surface area contributed by atoms with Crippen molar-refractivity contribution in [3.05, 3.63) is 50.3 Å². The highest BCUT2D eigenvalue weighted by Gasteiger charge is 2.28. The Morgan fingerprint density at radius 3 is 2.92 bits per heavy atom. The van der Waals surface area contributed by atoms with Gasteiger partial charge in [0.15, 0.2) is 0 Å². The Kier molecular flexibility index (Phi) is 5.06. The van der Waals surface area contributed by atoms with Crippen molar-refractivity contribution in [1.82, 2.24) is 4.90 Å². The van der Waals surface area contributed by atoms with Crippen LogP contribution < -0.4 is 5.32 Å². The summed E-state index contributed by atoms with van der Waals surface area (Å²) in [6.07, 6.45) is 0.175. The molecule has 0 bridgehead atoms. The van der Waals surface area contributed by atoms with E-state index in [1.54, 1.807) is 23.1 Å². The molecule has 1 aliphatic heterocycles. The summed E-state index contributed by atoms with van der Waals surface area (Å²) in [6.45, 7) is 0.873. The predicted octanol–water partition coefficient (Wildman–Crippen LogP) is 3.76. The fourth-order valence-corrected chi connectivity index (χ4v) is 4.31. The third-order valence-corrected chi connectivity index (χ3v) is 5.54. The number of hydrogen-bond acceptors (Lipinski definition) is 5. The Morgan fingerprint density at radius 2 is 2.24 bits per heavy atom. The Labute approximate surface area is 157 Å². The molecular formula is C17H14BrN3O3S. The number of methoxy groups -OCH3 is 1. The third-order valence-electron chi connectivity index (χ3n) is 3.92. The minimum absolute atomic E-state index is 0.277. The van der Waals surface area contributed by atoms with Gasteiger partial charge in [0.25, 0.3) is 5.91 Å². The Balaban J connectivity index is 1.86. The van der Waals surface area contributed by atoms with Crippen LogP contribution in [0.25, 0.3) is 0 Å². The first kappa shape index (κ1) is 17.5. The highest BCUT2D eigenvalue weighted by Crippen LogP contribution is 2.37. The Morgan fingerprint density at radius 1 is 1.44 bits per heavy atom. The molecule has 0 spiro atoms. The lowest BCUT2D eigenvalue weighted by Gasteiger charge is -2.25. The van der Waals surface area contributed by atoms with Gasteiger partial charge in [-0.05, 0) is 30.2 Å². The number of nitrogens with zero attached hydrogens (tertiary/aromatic N) is 2. The molecule has 2 aromatic rings. The molecule has 2 amide bonds. The maximum Gasteiger partial charge on any atom is 0.409 e. The van der Waals surface area contributed by atoms with Crippen molar-refractivity contribution in [2.75, 3.05) is 19.0 Å². The minimum Gasteiger partial charge on any atom is -0.453 e. The molecule has 0 radical (unpaired) electrons. The van der Waals surface area contributed by atoms with Crippen LogP contribution in [0, 0.1) is 11.3 Å². The van der Waals surface area contributed by atoms with Gasteiger partial charge < -0.3 is 15.0 Å². The summed E-state index contributed by atoms with van der Waals surface area (Å²) in [6, 6.07) is 9.22. The topological polar surface area (TPSA) is 82.4 Å². The second kappa shape index (κ2) is 7.25. The van der Waals surface area contributed by atoms with Crippen LogP contribution in [0.5, 0.6) is 0 Å². The van der Waals surface area contributed by atoms with Crippen LogP contribution in [0.2, 0.25) is 0 Å². The molecule has 1 aliphatic rings. The zero-order valence-electron chi connectivity index (χ0n) is 13.3. The smallest absolute Gasteiger partial charge is 0.409 e. The van der Waals surface area contributed by atoms with Gasteiger partial charge in [-0.1, -0.05) is 22.0 Å². The molecule has 0 aliphatic carbocycles. The number of rotatable bonds is 2. The molecule has 0 atom stereocenters. The molecule has 8 heteroatoms. The standard InChI is InChI=1S/C17H14BrN3O3S/c1-24-17(23)21-6-5-12-13(8-19)16(25-14(12)9-21)20-15(22)10-3-2-4-11(18)7-10/h2-4,7H,5-6,9H2,1H3,(H,20,22). The van der Waals surface area contributed by atoms with Crippen LogP contribution in [0.15, 0.2) is 28.7 Å². The monoisotopic (exact) mass is 419 g/mol. The fraction of sp³-hybridized carbons (Fsp3) is 0.235. The minimum atomic E-state index is -0.391. The highest BCUT2D eigenvalue weighted by atomic mass is 79.9. The lowest BCUT2D eigenvalue weighted by molar-refractivity contribution is 0.102. The summed E-state index contributed by atoms with van der Waals surface area (Å²) in [5.41, 5.74) is 1.88. The van der Waals surface area contributed by atoms with E-state index in [1.807, 2.05) is 6.07 Å². The number of fused-ring (bicyclic) bond motifs is 1. The van der Waals surface area contributed by atoms with Gasteiger partial charge >= 0.3 is 6.09 Å². The number of anilines is 1. The summed E-state index contributed by atoms with van der Waals surface area (Å²) in [7, 11) is 1.34. The van der Waals surface area contributed by atoms with Gasteiger partial charge in [0.1, 0.15) is 11.1 Å². The number of ether oxygens (including phenoxy) is 1. The normalized spacial score (nSPS) is 12.9. The highest BCUT2D eigenvalue weighted by molar-refractivity contribution is 9.10. The van der Waals surface area contributed by atoms with Gasteiger partial charge in [-0.2, -0.15) is 5.26 Å². The molecule has 1 aromatic carbocycles. The SMILES string of the molecule is COC(=O)N1CCc2c(sc(NC(=O)c3cccc(Br)c3)c2C#N)C1. The predicted molar refractivity (Wildman–Crippen MR) is 97.6 cm³/mol. The van der Waals surface area contributed by atoms with E-state index in [0.717, 1.165) is 14.9 Å². The molecule has 2 heterocycles. The molecule has 128 valence electrons. The quantitative estimate of drug-likeness (QED) is 0.802. The number of hydrogen-bond donors (Lipinski definition) is 1. The molecule has 25 heavy (non-hydrogen) atoms. The van der Waals surface area contributed by atoms with Crippen LogP contribution >= 0.6 is 27.3 Å². The van der Waals surface area contributed by atoms with Gasteiger partial charge in [0.2, 0.25) is 0 Å². The van der Waals surface area contributed by atoms with E-state index in [2.05, 4.69) is 27.3 Å². The molecule has 0 unspecified atom stereocenters. The lowest BCUT2D eigenvalue weighted by Crippen LogP contribution is -2.35. The lowest BCUT2D eigenvalue weighted by atomic mass is 10.0. The van der Waals surface area contributed by atoms with Crippen molar-refractivity contribution in [2.45, 2.75) is 13.0 Å². The molecule has 1 N–H and O–H groups in total. The first-order valence-electron chi connectivity index (χ1n) is 7.48. The van der Waals surface area contributed by atoms with Crippen LogP contribution in [-0.4, -0.2) is 30.6 Å². The van der Waals surface area contributed by atoms with Crippen LogP contribution in [0.3, 0.4) is 0 Å². The van der Waals surface area contributed by atoms with E-state index in [9.17, 15) is 14.9 Å². The third kappa shape index (κ3) is 3.52. The van der Waals surface area contributed by atoms with E-state index in [4.69, 9.17) is 4.74 Å². The summed E-state index contributed by atoms with van der Waals surface area (Å²) in [5, 5.41) is 12.8. The molecule has 6 nitrogen and oxygen atoms in total. The van der Waals surface area contributed by atoms with Crippen LogP contribution in [0.1, 0.15) is 26.4 Å². The average molecular weight is 420 g/mol.